The summed E-state index contributed by atoms with van der Waals surface area (Å²) < 4.78 is 35.4. The Morgan fingerprint density at radius 2 is 1.71 bits per heavy atom. The number of sulfonamides is 1. The van der Waals surface area contributed by atoms with Crippen LogP contribution in [-0.2, 0) is 16.6 Å². The molecule has 2 aromatic heterocycles. The summed E-state index contributed by atoms with van der Waals surface area (Å²) in [5.74, 6) is 0.828. The summed E-state index contributed by atoms with van der Waals surface area (Å²) in [5, 5.41) is 2.06. The molecule has 0 N–H and O–H groups in total. The Bertz CT molecular complexity index is 1410. The van der Waals surface area contributed by atoms with E-state index < -0.39 is 10.0 Å². The first kappa shape index (κ1) is 22.8. The largest absolute Gasteiger partial charge is 0.467 e. The zero-order valence-electron chi connectivity index (χ0n) is 19.1. The van der Waals surface area contributed by atoms with Gasteiger partial charge >= 0.3 is 0 Å². The van der Waals surface area contributed by atoms with Crippen LogP contribution in [0, 0.1) is 6.92 Å². The predicted octanol–water partition coefficient (Wildman–Crippen LogP) is 5.57. The molecule has 3 heterocycles. The molecule has 176 valence electrons. The molecule has 34 heavy (non-hydrogen) atoms. The van der Waals surface area contributed by atoms with E-state index in [1.54, 1.807) is 34.0 Å². The van der Waals surface area contributed by atoms with Gasteiger partial charge in [0.1, 0.15) is 5.76 Å². The average molecular weight is 494 g/mol. The van der Waals surface area contributed by atoms with Crippen molar-refractivity contribution in [1.29, 1.82) is 0 Å². The monoisotopic (exact) mass is 493 g/mol. The highest BCUT2D eigenvalue weighted by Crippen LogP contribution is 2.26. The molecule has 0 amide bonds. The first-order chi connectivity index (χ1) is 16.5. The highest BCUT2D eigenvalue weighted by atomic mass is 32.2. The van der Waals surface area contributed by atoms with E-state index in [9.17, 15) is 8.42 Å². The van der Waals surface area contributed by atoms with Crippen LogP contribution in [0.1, 0.15) is 30.6 Å². The summed E-state index contributed by atoms with van der Waals surface area (Å²) in [5.41, 5.74) is 3.98. The molecule has 8 heteroatoms. The van der Waals surface area contributed by atoms with E-state index in [0.717, 1.165) is 46.8 Å². The third-order valence-corrected chi connectivity index (χ3v) is 8.83. The fourth-order valence-electron chi connectivity index (χ4n) is 4.14. The third-order valence-electron chi connectivity index (χ3n) is 6.05. The molecule has 0 radical (unpaired) electrons. The first-order valence-corrected chi connectivity index (χ1v) is 13.8. The van der Waals surface area contributed by atoms with Crippen molar-refractivity contribution in [2.75, 3.05) is 13.1 Å². The highest BCUT2D eigenvalue weighted by molar-refractivity contribution is 7.89. The summed E-state index contributed by atoms with van der Waals surface area (Å²) in [6.07, 6.45) is 4.60. The lowest BCUT2D eigenvalue weighted by Crippen LogP contribution is -2.35. The number of furan rings is 1. The van der Waals surface area contributed by atoms with Gasteiger partial charge in [0.05, 0.1) is 29.1 Å². The van der Waals surface area contributed by atoms with Crippen molar-refractivity contribution in [2.24, 2.45) is 4.99 Å². The van der Waals surface area contributed by atoms with Crippen molar-refractivity contribution in [3.63, 3.8) is 0 Å². The van der Waals surface area contributed by atoms with Gasteiger partial charge in [-0.15, -0.1) is 11.3 Å². The minimum Gasteiger partial charge on any atom is -0.467 e. The van der Waals surface area contributed by atoms with Crippen LogP contribution in [0.5, 0.6) is 0 Å². The van der Waals surface area contributed by atoms with Crippen molar-refractivity contribution in [2.45, 2.75) is 37.6 Å². The molecule has 1 saturated heterocycles. The lowest BCUT2D eigenvalue weighted by Gasteiger charge is -2.25. The summed E-state index contributed by atoms with van der Waals surface area (Å²) in [4.78, 5) is 6.05. The van der Waals surface area contributed by atoms with E-state index in [0.29, 0.717) is 24.5 Å². The molecule has 0 unspecified atom stereocenters. The highest BCUT2D eigenvalue weighted by Gasteiger charge is 2.25. The maximum absolute atomic E-state index is 13.0. The number of hydrogen-bond acceptors (Lipinski definition) is 5. The van der Waals surface area contributed by atoms with Crippen LogP contribution < -0.4 is 4.80 Å². The molecule has 2 aromatic carbocycles. The van der Waals surface area contributed by atoms with Gasteiger partial charge in [0.25, 0.3) is 0 Å². The first-order valence-electron chi connectivity index (χ1n) is 11.4. The fraction of sp³-hybridized carbons (Fsp3) is 0.269. The average Bonchev–Trinajstić information content (AvgIpc) is 3.52. The number of benzene rings is 2. The van der Waals surface area contributed by atoms with Crippen LogP contribution in [0.4, 0.5) is 5.69 Å². The van der Waals surface area contributed by atoms with E-state index >= 15 is 0 Å². The van der Waals surface area contributed by atoms with Gasteiger partial charge in [0, 0.05) is 18.5 Å². The van der Waals surface area contributed by atoms with Crippen molar-refractivity contribution < 1.29 is 12.8 Å². The fourth-order valence-corrected chi connectivity index (χ4v) is 6.59. The van der Waals surface area contributed by atoms with Crippen molar-refractivity contribution >= 4 is 27.0 Å². The summed E-state index contributed by atoms with van der Waals surface area (Å²) >= 11 is 1.55. The Labute approximate surface area is 203 Å². The molecule has 1 aliphatic heterocycles. The normalized spacial score (nSPS) is 15.6. The topological polar surface area (TPSA) is 67.8 Å². The number of rotatable bonds is 6. The standard InChI is InChI=1S/C26H27N3O3S2/c1-20-7-11-22(12-8-20)27-26-29(18-23-6-5-17-32-23)25(19-33-26)21-9-13-24(14-10-21)34(30,31)28-15-3-2-4-16-28/h5-14,17,19H,2-4,15-16,18H2,1H3. The van der Waals surface area contributed by atoms with Gasteiger partial charge in [-0.2, -0.15) is 4.31 Å². The summed E-state index contributed by atoms with van der Waals surface area (Å²) in [7, 11) is -3.46. The van der Waals surface area contributed by atoms with E-state index in [1.807, 2.05) is 48.5 Å². The van der Waals surface area contributed by atoms with E-state index in [1.165, 1.54) is 5.56 Å². The van der Waals surface area contributed by atoms with Gasteiger partial charge < -0.3 is 8.98 Å². The van der Waals surface area contributed by atoms with Crippen LogP contribution in [0.15, 0.2) is 86.6 Å². The Hall–Kier alpha value is -2.94. The van der Waals surface area contributed by atoms with Crippen LogP contribution in [0.25, 0.3) is 11.3 Å². The van der Waals surface area contributed by atoms with Crippen molar-refractivity contribution in [3.05, 3.63) is 88.4 Å². The zero-order valence-corrected chi connectivity index (χ0v) is 20.7. The molecule has 5 rings (SSSR count). The smallest absolute Gasteiger partial charge is 0.243 e. The zero-order chi connectivity index (χ0) is 23.5. The molecular formula is C26H27N3O3S2. The second-order valence-electron chi connectivity index (χ2n) is 8.51. The van der Waals surface area contributed by atoms with E-state index in [4.69, 9.17) is 9.41 Å². The molecule has 4 aromatic rings. The second kappa shape index (κ2) is 9.74. The molecule has 0 spiro atoms. The lowest BCUT2D eigenvalue weighted by atomic mass is 10.2. The van der Waals surface area contributed by atoms with E-state index in [2.05, 4.69) is 16.9 Å². The quantitative estimate of drug-likeness (QED) is 0.352. The van der Waals surface area contributed by atoms with Gasteiger partial charge in [-0.25, -0.2) is 13.4 Å². The number of hydrogen-bond donors (Lipinski definition) is 0. The molecule has 0 atom stereocenters. The maximum atomic E-state index is 13.0. The Kier molecular flexibility index (Phi) is 6.54. The van der Waals surface area contributed by atoms with Crippen molar-refractivity contribution in [3.8, 4) is 11.3 Å². The van der Waals surface area contributed by atoms with Gasteiger partial charge in [0.2, 0.25) is 10.0 Å². The maximum Gasteiger partial charge on any atom is 0.243 e. The molecule has 6 nitrogen and oxygen atoms in total. The lowest BCUT2D eigenvalue weighted by molar-refractivity contribution is 0.346. The minimum atomic E-state index is -3.46. The molecule has 0 bridgehead atoms. The van der Waals surface area contributed by atoms with E-state index in [-0.39, 0.29) is 0 Å². The molecule has 0 aliphatic carbocycles. The third kappa shape index (κ3) is 4.80. The number of aryl methyl sites for hydroxylation is 1. The van der Waals surface area contributed by atoms with Crippen LogP contribution in [0.3, 0.4) is 0 Å². The molecular weight excluding hydrogens is 466 g/mol. The molecule has 1 fully saturated rings. The van der Waals surface area contributed by atoms with Gasteiger partial charge in [0.15, 0.2) is 4.80 Å². The van der Waals surface area contributed by atoms with Crippen molar-refractivity contribution in [1.82, 2.24) is 8.87 Å². The number of nitrogens with zero attached hydrogens (tertiary/aromatic N) is 3. The molecule has 1 aliphatic rings. The number of aromatic nitrogens is 1. The Balaban J connectivity index is 1.51. The molecule has 0 saturated carbocycles. The minimum absolute atomic E-state index is 0.343. The van der Waals surface area contributed by atoms with Gasteiger partial charge in [-0.05, 0) is 61.7 Å². The van der Waals surface area contributed by atoms with Crippen LogP contribution in [0.2, 0.25) is 0 Å². The van der Waals surface area contributed by atoms with Crippen LogP contribution >= 0.6 is 11.3 Å². The predicted molar refractivity (Wildman–Crippen MR) is 135 cm³/mol. The number of piperidine rings is 1. The van der Waals surface area contributed by atoms with Crippen LogP contribution in [-0.4, -0.2) is 30.4 Å². The van der Waals surface area contributed by atoms with Gasteiger partial charge in [-0.1, -0.05) is 36.2 Å². The Morgan fingerprint density at radius 3 is 2.38 bits per heavy atom. The number of thiazole rings is 1. The summed E-state index contributed by atoms with van der Waals surface area (Å²) in [6.45, 7) is 3.78. The second-order valence-corrected chi connectivity index (χ2v) is 11.3. The summed E-state index contributed by atoms with van der Waals surface area (Å²) in [6, 6.07) is 19.1. The Morgan fingerprint density at radius 1 is 0.971 bits per heavy atom. The van der Waals surface area contributed by atoms with Gasteiger partial charge in [-0.3, -0.25) is 0 Å². The SMILES string of the molecule is Cc1ccc(N=c2scc(-c3ccc(S(=O)(=O)N4CCCCC4)cc3)n2Cc2ccco2)cc1.